The van der Waals surface area contributed by atoms with E-state index < -0.39 is 22.0 Å². The molecule has 1 atom stereocenters. The Morgan fingerprint density at radius 1 is 1.09 bits per heavy atom. The van der Waals surface area contributed by atoms with Gasteiger partial charge in [0.2, 0.25) is 0 Å². The van der Waals surface area contributed by atoms with Crippen molar-refractivity contribution in [3.05, 3.63) is 65.7 Å². The SMILES string of the molecule is COC(CO)(CS(=O)(=O)c1cccc(C)c1)c1ccccc1. The highest BCUT2D eigenvalue weighted by Gasteiger charge is 2.37. The molecule has 0 bridgehead atoms. The number of ether oxygens (including phenoxy) is 1. The molecule has 2 rings (SSSR count). The van der Waals surface area contributed by atoms with Crippen molar-refractivity contribution in [3.63, 3.8) is 0 Å². The minimum Gasteiger partial charge on any atom is -0.393 e. The quantitative estimate of drug-likeness (QED) is 0.887. The minimum absolute atomic E-state index is 0.235. The van der Waals surface area contributed by atoms with E-state index in [0.717, 1.165) is 5.56 Å². The number of methoxy groups -OCH3 is 1. The first-order valence-electron chi connectivity index (χ1n) is 6.94. The Kier molecular flexibility index (Phi) is 5.01. The molecular weight excluding hydrogens is 300 g/mol. The van der Waals surface area contributed by atoms with E-state index >= 15 is 0 Å². The van der Waals surface area contributed by atoms with Crippen molar-refractivity contribution in [1.29, 1.82) is 0 Å². The largest absolute Gasteiger partial charge is 0.393 e. The molecule has 4 nitrogen and oxygen atoms in total. The van der Waals surface area contributed by atoms with Crippen LogP contribution in [0.1, 0.15) is 11.1 Å². The van der Waals surface area contributed by atoms with Crippen molar-refractivity contribution < 1.29 is 18.3 Å². The lowest BCUT2D eigenvalue weighted by atomic mass is 9.97. The smallest absolute Gasteiger partial charge is 0.181 e. The van der Waals surface area contributed by atoms with Gasteiger partial charge in [-0.3, -0.25) is 0 Å². The van der Waals surface area contributed by atoms with E-state index in [1.807, 2.05) is 19.1 Å². The zero-order chi connectivity index (χ0) is 16.2. The summed E-state index contributed by atoms with van der Waals surface area (Å²) in [5, 5.41) is 9.81. The summed E-state index contributed by atoms with van der Waals surface area (Å²) in [7, 11) is -2.19. The highest BCUT2D eigenvalue weighted by atomic mass is 32.2. The van der Waals surface area contributed by atoms with Crippen LogP contribution in [0.5, 0.6) is 0 Å². The van der Waals surface area contributed by atoms with E-state index in [9.17, 15) is 13.5 Å². The van der Waals surface area contributed by atoms with Gasteiger partial charge in [0.05, 0.1) is 17.3 Å². The van der Waals surface area contributed by atoms with Gasteiger partial charge in [-0.2, -0.15) is 0 Å². The van der Waals surface area contributed by atoms with Crippen molar-refractivity contribution in [3.8, 4) is 0 Å². The standard InChI is InChI=1S/C17H20O4S/c1-14-7-6-10-16(11-14)22(19,20)13-17(12-18,21-2)15-8-4-3-5-9-15/h3-11,18H,12-13H2,1-2H3. The van der Waals surface area contributed by atoms with Gasteiger partial charge < -0.3 is 9.84 Å². The zero-order valence-corrected chi connectivity index (χ0v) is 13.5. The zero-order valence-electron chi connectivity index (χ0n) is 12.7. The summed E-state index contributed by atoms with van der Waals surface area (Å²) in [4.78, 5) is 0.235. The fraction of sp³-hybridized carbons (Fsp3) is 0.294. The maximum atomic E-state index is 12.7. The molecule has 0 spiro atoms. The molecule has 2 aromatic rings. The second-order valence-corrected chi connectivity index (χ2v) is 7.29. The number of benzene rings is 2. The Balaban J connectivity index is 2.44. The van der Waals surface area contributed by atoms with Crippen molar-refractivity contribution in [2.24, 2.45) is 0 Å². The number of rotatable bonds is 6. The van der Waals surface area contributed by atoms with Gasteiger partial charge in [0.15, 0.2) is 9.84 Å². The van der Waals surface area contributed by atoms with Crippen LogP contribution < -0.4 is 0 Å². The van der Waals surface area contributed by atoms with Crippen LogP contribution in [0.25, 0.3) is 0 Å². The molecular formula is C17H20O4S. The topological polar surface area (TPSA) is 63.6 Å². The third-order valence-electron chi connectivity index (χ3n) is 3.72. The normalized spacial score (nSPS) is 14.5. The molecule has 0 saturated heterocycles. The van der Waals surface area contributed by atoms with E-state index in [0.29, 0.717) is 5.56 Å². The summed E-state index contributed by atoms with van der Waals surface area (Å²) in [6.45, 7) is 1.42. The fourth-order valence-corrected chi connectivity index (χ4v) is 4.21. The lowest BCUT2D eigenvalue weighted by molar-refractivity contribution is -0.0393. The summed E-state index contributed by atoms with van der Waals surface area (Å²) in [5.41, 5.74) is 0.230. The first-order valence-corrected chi connectivity index (χ1v) is 8.60. The molecule has 22 heavy (non-hydrogen) atoms. The molecule has 1 unspecified atom stereocenters. The molecule has 2 aromatic carbocycles. The van der Waals surface area contributed by atoms with Crippen LogP contribution in [-0.2, 0) is 20.2 Å². The average molecular weight is 320 g/mol. The van der Waals surface area contributed by atoms with Crippen LogP contribution in [0.3, 0.4) is 0 Å². The highest BCUT2D eigenvalue weighted by molar-refractivity contribution is 7.91. The van der Waals surface area contributed by atoms with Crippen LogP contribution >= 0.6 is 0 Å². The van der Waals surface area contributed by atoms with Gasteiger partial charge in [0.1, 0.15) is 5.60 Å². The maximum Gasteiger partial charge on any atom is 0.181 e. The van der Waals surface area contributed by atoms with Gasteiger partial charge in [-0.15, -0.1) is 0 Å². The number of aliphatic hydroxyl groups excluding tert-OH is 1. The summed E-state index contributed by atoms with van der Waals surface area (Å²) >= 11 is 0. The van der Waals surface area contributed by atoms with Crippen LogP contribution in [-0.4, -0.2) is 33.0 Å². The lowest BCUT2D eigenvalue weighted by Crippen LogP contribution is -2.40. The molecule has 0 aliphatic rings. The molecule has 0 fully saturated rings. The second kappa shape index (κ2) is 6.60. The first kappa shape index (κ1) is 16.7. The second-order valence-electron chi connectivity index (χ2n) is 5.30. The highest BCUT2D eigenvalue weighted by Crippen LogP contribution is 2.29. The number of sulfone groups is 1. The van der Waals surface area contributed by atoms with Gasteiger partial charge in [-0.05, 0) is 30.2 Å². The molecule has 0 aromatic heterocycles. The molecule has 1 N–H and O–H groups in total. The van der Waals surface area contributed by atoms with Crippen molar-refractivity contribution in [1.82, 2.24) is 0 Å². The summed E-state index contributed by atoms with van der Waals surface area (Å²) in [6, 6.07) is 15.6. The molecule has 0 aliphatic heterocycles. The van der Waals surface area contributed by atoms with E-state index in [2.05, 4.69) is 0 Å². The van der Waals surface area contributed by atoms with Crippen LogP contribution in [0, 0.1) is 6.92 Å². The summed E-state index contributed by atoms with van der Waals surface area (Å²) in [5.74, 6) is -0.319. The van der Waals surface area contributed by atoms with E-state index in [-0.39, 0.29) is 10.6 Å². The average Bonchev–Trinajstić information content (AvgIpc) is 2.53. The number of hydrogen-bond donors (Lipinski definition) is 1. The first-order chi connectivity index (χ1) is 10.4. The van der Waals surface area contributed by atoms with Crippen molar-refractivity contribution in [2.45, 2.75) is 17.4 Å². The lowest BCUT2D eigenvalue weighted by Gasteiger charge is -2.30. The Bertz CT molecular complexity index is 719. The predicted octanol–water partition coefficient (Wildman–Crippen LogP) is 2.30. The number of aliphatic hydroxyl groups is 1. The van der Waals surface area contributed by atoms with Gasteiger partial charge in [0.25, 0.3) is 0 Å². The Labute approximate surface area is 131 Å². The molecule has 0 saturated carbocycles. The Morgan fingerprint density at radius 2 is 1.77 bits per heavy atom. The van der Waals surface area contributed by atoms with Gasteiger partial charge in [-0.25, -0.2) is 8.42 Å². The van der Waals surface area contributed by atoms with Crippen molar-refractivity contribution in [2.75, 3.05) is 19.5 Å². The Hall–Kier alpha value is -1.69. The van der Waals surface area contributed by atoms with Crippen LogP contribution in [0.15, 0.2) is 59.5 Å². The number of hydrogen-bond acceptors (Lipinski definition) is 4. The predicted molar refractivity (Wildman–Crippen MR) is 85.4 cm³/mol. The van der Waals surface area contributed by atoms with Crippen LogP contribution in [0.4, 0.5) is 0 Å². The number of aryl methyl sites for hydroxylation is 1. The molecule has 0 radical (unpaired) electrons. The fourth-order valence-electron chi connectivity index (χ4n) is 2.40. The molecule has 118 valence electrons. The Morgan fingerprint density at radius 3 is 2.32 bits per heavy atom. The maximum absolute atomic E-state index is 12.7. The van der Waals surface area contributed by atoms with E-state index in [4.69, 9.17) is 4.74 Å². The monoisotopic (exact) mass is 320 g/mol. The summed E-state index contributed by atoms with van der Waals surface area (Å²) in [6.07, 6.45) is 0. The van der Waals surface area contributed by atoms with Crippen LogP contribution in [0.2, 0.25) is 0 Å². The third-order valence-corrected chi connectivity index (χ3v) is 5.54. The molecule has 0 aliphatic carbocycles. The van der Waals surface area contributed by atoms with Gasteiger partial charge in [0, 0.05) is 7.11 Å². The molecule has 0 amide bonds. The third kappa shape index (κ3) is 3.38. The summed E-state index contributed by atoms with van der Waals surface area (Å²) < 4.78 is 30.8. The van der Waals surface area contributed by atoms with E-state index in [1.54, 1.807) is 42.5 Å². The van der Waals surface area contributed by atoms with Crippen molar-refractivity contribution >= 4 is 9.84 Å². The molecule has 5 heteroatoms. The minimum atomic E-state index is -3.60. The molecule has 0 heterocycles. The van der Waals surface area contributed by atoms with Gasteiger partial charge >= 0.3 is 0 Å². The van der Waals surface area contributed by atoms with Gasteiger partial charge in [-0.1, -0.05) is 42.5 Å². The van der Waals surface area contributed by atoms with E-state index in [1.165, 1.54) is 7.11 Å².